The van der Waals surface area contributed by atoms with Gasteiger partial charge in [-0.05, 0) is 30.0 Å². The van der Waals surface area contributed by atoms with E-state index in [9.17, 15) is 9.59 Å². The van der Waals surface area contributed by atoms with Gasteiger partial charge in [-0.15, -0.1) is 0 Å². The number of nitrogens with zero attached hydrogens (tertiary/aromatic N) is 1. The van der Waals surface area contributed by atoms with Crippen molar-refractivity contribution >= 4 is 11.8 Å². The van der Waals surface area contributed by atoms with Crippen LogP contribution in [0.15, 0.2) is 24.3 Å². The molecule has 0 saturated carbocycles. The van der Waals surface area contributed by atoms with Crippen LogP contribution in [0.4, 0.5) is 0 Å². The highest BCUT2D eigenvalue weighted by atomic mass is 16.2. The fourth-order valence-corrected chi connectivity index (χ4v) is 2.09. The lowest BCUT2D eigenvalue weighted by Gasteiger charge is -2.23. The molecule has 5 heteroatoms. The van der Waals surface area contributed by atoms with Crippen LogP contribution in [0.1, 0.15) is 50.0 Å². The van der Waals surface area contributed by atoms with E-state index in [1.54, 1.807) is 11.9 Å². The summed E-state index contributed by atoms with van der Waals surface area (Å²) in [7, 11) is 1.73. The summed E-state index contributed by atoms with van der Waals surface area (Å²) < 4.78 is 0. The summed E-state index contributed by atoms with van der Waals surface area (Å²) >= 11 is 0. The summed E-state index contributed by atoms with van der Waals surface area (Å²) in [6.07, 6.45) is 0.270. The first-order valence-electron chi connectivity index (χ1n) is 8.01. The fourth-order valence-electron chi connectivity index (χ4n) is 2.09. The van der Waals surface area contributed by atoms with Crippen molar-refractivity contribution in [3.05, 3.63) is 35.4 Å². The number of amides is 2. The van der Waals surface area contributed by atoms with Crippen LogP contribution in [0.5, 0.6) is 0 Å². The zero-order valence-corrected chi connectivity index (χ0v) is 14.8. The number of rotatable bonds is 6. The Kier molecular flexibility index (Phi) is 6.76. The van der Waals surface area contributed by atoms with Gasteiger partial charge < -0.3 is 16.0 Å². The molecule has 0 fully saturated rings. The first-order valence-corrected chi connectivity index (χ1v) is 8.01. The Morgan fingerprint density at radius 2 is 1.78 bits per heavy atom. The predicted molar refractivity (Wildman–Crippen MR) is 93.4 cm³/mol. The Labute approximate surface area is 139 Å². The van der Waals surface area contributed by atoms with Crippen molar-refractivity contribution in [2.75, 3.05) is 20.1 Å². The number of likely N-dealkylation sites (N-methyl/N-ethyl adjacent to an activating group) is 1. The number of hydrogen-bond acceptors (Lipinski definition) is 3. The predicted octanol–water partition coefficient (Wildman–Crippen LogP) is 1.91. The first kappa shape index (κ1) is 19.2. The lowest BCUT2D eigenvalue weighted by atomic mass is 9.87. The normalized spacial score (nSPS) is 12.6. The van der Waals surface area contributed by atoms with Crippen molar-refractivity contribution in [2.45, 2.75) is 45.6 Å². The summed E-state index contributed by atoms with van der Waals surface area (Å²) in [6, 6.07) is 7.58. The third-order valence-electron chi connectivity index (χ3n) is 4.03. The fraction of sp³-hybridized carbons (Fsp3) is 0.556. The maximum absolute atomic E-state index is 12.1. The number of carbonyl (C=O) groups is 2. The quantitative estimate of drug-likeness (QED) is 0.841. The molecule has 23 heavy (non-hydrogen) atoms. The molecule has 1 rings (SSSR count). The maximum atomic E-state index is 12.1. The monoisotopic (exact) mass is 319 g/mol. The molecule has 0 bridgehead atoms. The largest absolute Gasteiger partial charge is 0.352 e. The molecule has 1 atom stereocenters. The van der Waals surface area contributed by atoms with Crippen molar-refractivity contribution in [1.29, 1.82) is 0 Å². The van der Waals surface area contributed by atoms with Gasteiger partial charge in [0.05, 0.1) is 0 Å². The van der Waals surface area contributed by atoms with Crippen LogP contribution in [0.25, 0.3) is 0 Å². The second-order valence-corrected chi connectivity index (χ2v) is 6.92. The number of benzene rings is 1. The first-order chi connectivity index (χ1) is 10.7. The van der Waals surface area contributed by atoms with Gasteiger partial charge in [0.25, 0.3) is 5.91 Å². The van der Waals surface area contributed by atoms with E-state index in [-0.39, 0.29) is 29.7 Å². The van der Waals surface area contributed by atoms with Gasteiger partial charge in [-0.2, -0.15) is 0 Å². The number of carbonyl (C=O) groups excluding carboxylic acids is 2. The van der Waals surface area contributed by atoms with Crippen molar-refractivity contribution in [1.82, 2.24) is 10.2 Å². The SMILES string of the molecule is CC(CN)N(C)C(=O)CCNC(=O)c1ccc(C(C)(C)C)cc1. The highest BCUT2D eigenvalue weighted by Gasteiger charge is 2.16. The van der Waals surface area contributed by atoms with Crippen LogP contribution in [-0.2, 0) is 10.2 Å². The molecule has 0 spiro atoms. The Balaban J connectivity index is 2.50. The summed E-state index contributed by atoms with van der Waals surface area (Å²) in [4.78, 5) is 25.6. The summed E-state index contributed by atoms with van der Waals surface area (Å²) in [5, 5.41) is 2.78. The highest BCUT2D eigenvalue weighted by Crippen LogP contribution is 2.22. The summed E-state index contributed by atoms with van der Waals surface area (Å²) in [6.45, 7) is 9.04. The molecule has 0 aliphatic rings. The van der Waals surface area contributed by atoms with E-state index in [0.717, 1.165) is 0 Å². The minimum atomic E-state index is -0.159. The van der Waals surface area contributed by atoms with Crippen molar-refractivity contribution in [2.24, 2.45) is 5.73 Å². The standard InChI is InChI=1S/C18H29N3O2/c1-13(12-19)21(5)16(22)10-11-20-17(23)14-6-8-15(9-7-14)18(2,3)4/h6-9,13H,10-12,19H2,1-5H3,(H,20,23). The molecule has 5 nitrogen and oxygen atoms in total. The second-order valence-electron chi connectivity index (χ2n) is 6.92. The average Bonchev–Trinajstić information content (AvgIpc) is 2.52. The third kappa shape index (κ3) is 5.67. The molecule has 0 saturated heterocycles. The van der Waals surface area contributed by atoms with Crippen LogP contribution >= 0.6 is 0 Å². The summed E-state index contributed by atoms with van der Waals surface area (Å²) in [5.41, 5.74) is 7.39. The zero-order valence-electron chi connectivity index (χ0n) is 14.8. The molecule has 1 aromatic rings. The van der Waals surface area contributed by atoms with Gasteiger partial charge in [-0.1, -0.05) is 32.9 Å². The van der Waals surface area contributed by atoms with E-state index in [2.05, 4.69) is 26.1 Å². The molecule has 0 aliphatic carbocycles. The van der Waals surface area contributed by atoms with Gasteiger partial charge in [-0.25, -0.2) is 0 Å². The van der Waals surface area contributed by atoms with Crippen molar-refractivity contribution in [3.8, 4) is 0 Å². The van der Waals surface area contributed by atoms with Crippen LogP contribution in [0.2, 0.25) is 0 Å². The molecule has 3 N–H and O–H groups in total. The number of nitrogens with one attached hydrogen (secondary N) is 1. The van der Waals surface area contributed by atoms with E-state index in [1.807, 2.05) is 31.2 Å². The number of hydrogen-bond donors (Lipinski definition) is 2. The zero-order chi connectivity index (χ0) is 17.6. The Morgan fingerprint density at radius 3 is 2.26 bits per heavy atom. The van der Waals surface area contributed by atoms with Gasteiger partial charge in [0.15, 0.2) is 0 Å². The third-order valence-corrected chi connectivity index (χ3v) is 4.03. The molecule has 0 radical (unpaired) electrons. The molecular weight excluding hydrogens is 290 g/mol. The van der Waals surface area contributed by atoms with E-state index in [0.29, 0.717) is 18.7 Å². The molecule has 2 amide bonds. The van der Waals surface area contributed by atoms with Crippen LogP contribution in [0.3, 0.4) is 0 Å². The van der Waals surface area contributed by atoms with Gasteiger partial charge in [0.2, 0.25) is 5.91 Å². The smallest absolute Gasteiger partial charge is 0.251 e. The molecule has 0 aromatic heterocycles. The molecular formula is C18H29N3O2. The Morgan fingerprint density at radius 1 is 1.22 bits per heavy atom. The van der Waals surface area contributed by atoms with Gasteiger partial charge in [-0.3, -0.25) is 9.59 Å². The highest BCUT2D eigenvalue weighted by molar-refractivity contribution is 5.94. The van der Waals surface area contributed by atoms with Crippen molar-refractivity contribution in [3.63, 3.8) is 0 Å². The molecule has 0 heterocycles. The van der Waals surface area contributed by atoms with Gasteiger partial charge >= 0.3 is 0 Å². The lowest BCUT2D eigenvalue weighted by molar-refractivity contribution is -0.131. The topological polar surface area (TPSA) is 75.4 Å². The second kappa shape index (κ2) is 8.11. The van der Waals surface area contributed by atoms with Crippen LogP contribution in [0, 0.1) is 0 Å². The van der Waals surface area contributed by atoms with E-state index in [4.69, 9.17) is 5.73 Å². The minimum absolute atomic E-state index is 0.00291. The van der Waals surface area contributed by atoms with E-state index >= 15 is 0 Å². The average molecular weight is 319 g/mol. The molecule has 1 aromatic carbocycles. The molecule has 128 valence electrons. The molecule has 0 aliphatic heterocycles. The Bertz CT molecular complexity index is 532. The Hall–Kier alpha value is -1.88. The summed E-state index contributed by atoms with van der Waals surface area (Å²) in [5.74, 6) is -0.181. The molecule has 1 unspecified atom stereocenters. The number of nitrogens with two attached hydrogens (primary N) is 1. The van der Waals surface area contributed by atoms with Gasteiger partial charge in [0.1, 0.15) is 0 Å². The maximum Gasteiger partial charge on any atom is 0.251 e. The van der Waals surface area contributed by atoms with Crippen molar-refractivity contribution < 1.29 is 9.59 Å². The lowest BCUT2D eigenvalue weighted by Crippen LogP contribution is -2.41. The van der Waals surface area contributed by atoms with Crippen LogP contribution < -0.4 is 11.1 Å². The van der Waals surface area contributed by atoms with Gasteiger partial charge in [0, 0.05) is 38.2 Å². The minimum Gasteiger partial charge on any atom is -0.352 e. The van der Waals surface area contributed by atoms with E-state index in [1.165, 1.54) is 5.56 Å². The van der Waals surface area contributed by atoms with E-state index < -0.39 is 0 Å². The van der Waals surface area contributed by atoms with Crippen LogP contribution in [-0.4, -0.2) is 42.9 Å².